The van der Waals surface area contributed by atoms with Crippen molar-refractivity contribution in [3.63, 3.8) is 0 Å². The largest absolute Gasteiger partial charge is 0.356 e. The molecule has 9 heteroatoms. The number of halogens is 2. The van der Waals surface area contributed by atoms with Crippen molar-refractivity contribution in [2.45, 2.75) is 26.3 Å². The molecule has 1 heterocycles. The Balaban J connectivity index is 0.00000364. The standard InChI is InChI=1S/C18H25ClN6O.HI/c1-14-15(19)6-3-7-16(14)24-17(26)8-11-22-18(20-2)21-9-4-12-25-13-5-10-23-25;/h3,5-7,10,13H,4,8-9,11-12H2,1-2H3,(H,24,26)(H2,20,21,22);1H. The van der Waals surface area contributed by atoms with Gasteiger partial charge in [-0.15, -0.1) is 24.0 Å². The first-order valence-corrected chi connectivity index (χ1v) is 8.95. The molecular formula is C18H26ClIN6O. The third-order valence-corrected chi connectivity index (χ3v) is 4.23. The molecule has 0 saturated heterocycles. The SMILES string of the molecule is CN=C(NCCCn1cccn1)NCCC(=O)Nc1cccc(Cl)c1C.I. The molecule has 148 valence electrons. The number of hydrogen-bond donors (Lipinski definition) is 3. The molecule has 1 amide bonds. The van der Waals surface area contributed by atoms with E-state index in [1.807, 2.05) is 36.0 Å². The van der Waals surface area contributed by atoms with E-state index in [0.29, 0.717) is 23.9 Å². The highest BCUT2D eigenvalue weighted by Gasteiger charge is 2.07. The maximum Gasteiger partial charge on any atom is 0.226 e. The number of nitrogens with zero attached hydrogens (tertiary/aromatic N) is 3. The van der Waals surface area contributed by atoms with Gasteiger partial charge in [0.2, 0.25) is 5.91 Å². The number of aromatic nitrogens is 2. The molecule has 0 bridgehead atoms. The zero-order valence-corrected chi connectivity index (χ0v) is 18.6. The number of aliphatic imine (C=N–C) groups is 1. The molecule has 0 unspecified atom stereocenters. The monoisotopic (exact) mass is 504 g/mol. The van der Waals surface area contributed by atoms with Crippen LogP contribution in [0.3, 0.4) is 0 Å². The number of nitrogens with one attached hydrogen (secondary N) is 3. The number of carbonyl (C=O) groups is 1. The Kier molecular flexibility index (Phi) is 10.8. The van der Waals surface area contributed by atoms with Crippen molar-refractivity contribution >= 4 is 53.1 Å². The normalized spacial score (nSPS) is 10.9. The highest BCUT2D eigenvalue weighted by molar-refractivity contribution is 14.0. The topological polar surface area (TPSA) is 83.3 Å². The quantitative estimate of drug-likeness (QED) is 0.223. The van der Waals surface area contributed by atoms with Gasteiger partial charge in [0.1, 0.15) is 0 Å². The summed E-state index contributed by atoms with van der Waals surface area (Å²) in [5.41, 5.74) is 1.61. The second kappa shape index (κ2) is 12.6. The lowest BCUT2D eigenvalue weighted by Gasteiger charge is -2.13. The molecule has 0 atom stereocenters. The van der Waals surface area contributed by atoms with Crippen molar-refractivity contribution in [1.82, 2.24) is 20.4 Å². The first-order valence-electron chi connectivity index (χ1n) is 8.57. The van der Waals surface area contributed by atoms with Crippen LogP contribution >= 0.6 is 35.6 Å². The molecule has 0 radical (unpaired) electrons. The minimum atomic E-state index is -0.0722. The van der Waals surface area contributed by atoms with Crippen molar-refractivity contribution in [3.05, 3.63) is 47.2 Å². The Labute approximate surface area is 182 Å². The van der Waals surface area contributed by atoms with Crippen LogP contribution in [-0.4, -0.2) is 41.8 Å². The second-order valence-electron chi connectivity index (χ2n) is 5.76. The van der Waals surface area contributed by atoms with Crippen molar-refractivity contribution < 1.29 is 4.79 Å². The number of aryl methyl sites for hydroxylation is 1. The molecule has 1 aromatic carbocycles. The van der Waals surface area contributed by atoms with Gasteiger partial charge in [-0.05, 0) is 37.1 Å². The van der Waals surface area contributed by atoms with E-state index in [1.165, 1.54) is 0 Å². The summed E-state index contributed by atoms with van der Waals surface area (Å²) in [4.78, 5) is 16.2. The van der Waals surface area contributed by atoms with Crippen molar-refractivity contribution in [2.75, 3.05) is 25.5 Å². The van der Waals surface area contributed by atoms with Crippen molar-refractivity contribution in [3.8, 4) is 0 Å². The molecule has 27 heavy (non-hydrogen) atoms. The predicted molar refractivity (Wildman–Crippen MR) is 121 cm³/mol. The summed E-state index contributed by atoms with van der Waals surface area (Å²) in [6.07, 6.45) is 4.97. The van der Waals surface area contributed by atoms with Crippen LogP contribution in [0.5, 0.6) is 0 Å². The molecular weight excluding hydrogens is 479 g/mol. The zero-order valence-electron chi connectivity index (χ0n) is 15.5. The van der Waals surface area contributed by atoms with E-state index in [4.69, 9.17) is 11.6 Å². The molecule has 0 aliphatic carbocycles. The van der Waals surface area contributed by atoms with Crippen LogP contribution in [0.1, 0.15) is 18.4 Å². The second-order valence-corrected chi connectivity index (χ2v) is 6.17. The van der Waals surface area contributed by atoms with Crippen molar-refractivity contribution in [2.24, 2.45) is 4.99 Å². The van der Waals surface area contributed by atoms with E-state index in [2.05, 4.69) is 26.0 Å². The summed E-state index contributed by atoms with van der Waals surface area (Å²) in [6.45, 7) is 3.99. The predicted octanol–water partition coefficient (Wildman–Crippen LogP) is 3.05. The van der Waals surface area contributed by atoms with Gasteiger partial charge in [-0.3, -0.25) is 14.5 Å². The Morgan fingerprint density at radius 3 is 2.74 bits per heavy atom. The number of carbonyl (C=O) groups excluding carboxylic acids is 1. The lowest BCUT2D eigenvalue weighted by Crippen LogP contribution is -2.39. The molecule has 0 spiro atoms. The van der Waals surface area contributed by atoms with Crippen LogP contribution in [0, 0.1) is 6.92 Å². The highest BCUT2D eigenvalue weighted by Crippen LogP contribution is 2.22. The van der Waals surface area contributed by atoms with Gasteiger partial charge in [0.15, 0.2) is 5.96 Å². The maximum absolute atomic E-state index is 12.1. The lowest BCUT2D eigenvalue weighted by molar-refractivity contribution is -0.116. The van der Waals surface area contributed by atoms with E-state index in [-0.39, 0.29) is 29.9 Å². The van der Waals surface area contributed by atoms with Gasteiger partial charge in [0.05, 0.1) is 0 Å². The Morgan fingerprint density at radius 2 is 2.04 bits per heavy atom. The molecule has 1 aromatic heterocycles. The molecule has 0 aliphatic rings. The average Bonchev–Trinajstić information content (AvgIpc) is 3.14. The molecule has 0 fully saturated rings. The summed E-state index contributed by atoms with van der Waals surface area (Å²) < 4.78 is 1.89. The molecule has 2 rings (SSSR count). The average molecular weight is 505 g/mol. The molecule has 0 saturated carbocycles. The maximum atomic E-state index is 12.1. The fourth-order valence-corrected chi connectivity index (χ4v) is 2.53. The summed E-state index contributed by atoms with van der Waals surface area (Å²) in [5.74, 6) is 0.606. The van der Waals surface area contributed by atoms with E-state index < -0.39 is 0 Å². The van der Waals surface area contributed by atoms with E-state index in [9.17, 15) is 4.79 Å². The first kappa shape index (κ1) is 23.2. The third-order valence-electron chi connectivity index (χ3n) is 3.83. The van der Waals surface area contributed by atoms with E-state index in [0.717, 1.165) is 30.8 Å². The Morgan fingerprint density at radius 1 is 1.26 bits per heavy atom. The van der Waals surface area contributed by atoms with E-state index in [1.54, 1.807) is 19.3 Å². The van der Waals surface area contributed by atoms with E-state index >= 15 is 0 Å². The number of anilines is 1. The summed E-state index contributed by atoms with van der Waals surface area (Å²) in [5, 5.41) is 14.0. The van der Waals surface area contributed by atoms with Crippen molar-refractivity contribution in [1.29, 1.82) is 0 Å². The van der Waals surface area contributed by atoms with Gasteiger partial charge in [-0.25, -0.2) is 0 Å². The lowest BCUT2D eigenvalue weighted by atomic mass is 10.2. The minimum Gasteiger partial charge on any atom is -0.356 e. The summed E-state index contributed by atoms with van der Waals surface area (Å²) >= 11 is 6.06. The van der Waals surface area contributed by atoms with Crippen LogP contribution < -0.4 is 16.0 Å². The Bertz CT molecular complexity index is 735. The highest BCUT2D eigenvalue weighted by atomic mass is 127. The first-order chi connectivity index (χ1) is 12.6. The van der Waals surface area contributed by atoms with Gasteiger partial charge in [0.25, 0.3) is 0 Å². The minimum absolute atomic E-state index is 0. The third kappa shape index (κ3) is 8.17. The zero-order chi connectivity index (χ0) is 18.8. The van der Waals surface area contributed by atoms with Crippen LogP contribution in [0.2, 0.25) is 5.02 Å². The van der Waals surface area contributed by atoms with Crippen LogP contribution in [-0.2, 0) is 11.3 Å². The molecule has 3 N–H and O–H groups in total. The fourth-order valence-electron chi connectivity index (χ4n) is 2.35. The van der Waals surface area contributed by atoms with Gasteiger partial charge in [-0.1, -0.05) is 17.7 Å². The van der Waals surface area contributed by atoms with Gasteiger partial charge < -0.3 is 16.0 Å². The summed E-state index contributed by atoms with van der Waals surface area (Å²) in [6, 6.07) is 7.37. The Hall–Kier alpha value is -1.81. The van der Waals surface area contributed by atoms with Crippen LogP contribution in [0.25, 0.3) is 0 Å². The fraction of sp³-hybridized carbons (Fsp3) is 0.389. The smallest absolute Gasteiger partial charge is 0.226 e. The van der Waals surface area contributed by atoms with Gasteiger partial charge in [-0.2, -0.15) is 5.10 Å². The number of hydrogen-bond acceptors (Lipinski definition) is 3. The molecule has 2 aromatic rings. The summed E-state index contributed by atoms with van der Waals surface area (Å²) in [7, 11) is 1.71. The van der Waals surface area contributed by atoms with Crippen LogP contribution in [0.4, 0.5) is 5.69 Å². The molecule has 7 nitrogen and oxygen atoms in total. The van der Waals surface area contributed by atoms with Gasteiger partial charge in [0, 0.05) is 56.2 Å². The number of guanidine groups is 1. The number of amides is 1. The van der Waals surface area contributed by atoms with Gasteiger partial charge >= 0.3 is 0 Å². The molecule has 0 aliphatic heterocycles. The number of rotatable bonds is 8. The van der Waals surface area contributed by atoms with Crippen LogP contribution in [0.15, 0.2) is 41.7 Å². The number of benzene rings is 1.